The van der Waals surface area contributed by atoms with Gasteiger partial charge in [-0.3, -0.25) is 0 Å². The van der Waals surface area contributed by atoms with Gasteiger partial charge in [-0.05, 0) is 45.4 Å². The third kappa shape index (κ3) is 1.98. The minimum absolute atomic E-state index is 0.407. The van der Waals surface area contributed by atoms with Gasteiger partial charge in [-0.1, -0.05) is 12.1 Å². The van der Waals surface area contributed by atoms with Crippen LogP contribution >= 0.6 is 0 Å². The predicted molar refractivity (Wildman–Crippen MR) is 58.1 cm³/mol. The van der Waals surface area contributed by atoms with Crippen LogP contribution in [0.3, 0.4) is 0 Å². The molecule has 3 heteroatoms. The molecule has 0 aliphatic carbocycles. The summed E-state index contributed by atoms with van der Waals surface area (Å²) in [5, 5.41) is 0. The molecule has 78 valence electrons. The van der Waals surface area contributed by atoms with E-state index in [1.165, 1.54) is 0 Å². The summed E-state index contributed by atoms with van der Waals surface area (Å²) in [5.74, 6) is 0. The third-order valence-corrected chi connectivity index (χ3v) is 4.59. The Balaban J connectivity index is 3.32. The minimum atomic E-state index is -3.20. The summed E-state index contributed by atoms with van der Waals surface area (Å²) in [6.07, 6.45) is 0. The first-order valence-corrected chi connectivity index (χ1v) is 6.05. The number of hydrogen-bond acceptors (Lipinski definition) is 2. The average molecular weight is 212 g/mol. The lowest BCUT2D eigenvalue weighted by atomic mass is 10.2. The van der Waals surface area contributed by atoms with Gasteiger partial charge in [0.05, 0.1) is 9.64 Å². The summed E-state index contributed by atoms with van der Waals surface area (Å²) < 4.78 is 23.3. The molecule has 0 aliphatic rings. The van der Waals surface area contributed by atoms with Gasteiger partial charge in [0.2, 0.25) is 0 Å². The summed E-state index contributed by atoms with van der Waals surface area (Å²) >= 11 is 0. The molecule has 0 heterocycles. The van der Waals surface area contributed by atoms with Crippen LogP contribution in [0, 0.1) is 6.92 Å². The lowest BCUT2D eigenvalue weighted by Gasteiger charge is -2.19. The van der Waals surface area contributed by atoms with E-state index in [0.29, 0.717) is 4.90 Å². The van der Waals surface area contributed by atoms with Gasteiger partial charge < -0.3 is 0 Å². The Bertz CT molecular complexity index is 425. The van der Waals surface area contributed by atoms with E-state index < -0.39 is 14.6 Å². The van der Waals surface area contributed by atoms with Gasteiger partial charge in [-0.2, -0.15) is 0 Å². The summed E-state index contributed by atoms with van der Waals surface area (Å²) in [7, 11) is -3.20. The molecule has 0 bridgehead atoms. The molecular weight excluding hydrogens is 196 g/mol. The predicted octanol–water partition coefficient (Wildman–Crippen LogP) is 2.57. The van der Waals surface area contributed by atoms with Crippen LogP contribution in [0.1, 0.15) is 26.3 Å². The van der Waals surface area contributed by atoms with E-state index in [0.717, 1.165) is 5.56 Å². The first-order chi connectivity index (χ1) is 6.25. The van der Waals surface area contributed by atoms with Gasteiger partial charge >= 0.3 is 0 Å². The van der Waals surface area contributed by atoms with Gasteiger partial charge in [0.1, 0.15) is 0 Å². The molecular formula is C11H16O2S. The van der Waals surface area contributed by atoms with Gasteiger partial charge in [-0.15, -0.1) is 0 Å². The Morgan fingerprint density at radius 1 is 1.14 bits per heavy atom. The van der Waals surface area contributed by atoms with Gasteiger partial charge in [0.25, 0.3) is 0 Å². The second-order valence-corrected chi connectivity index (χ2v) is 7.14. The molecule has 0 amide bonds. The van der Waals surface area contributed by atoms with E-state index in [1.54, 1.807) is 39.0 Å². The van der Waals surface area contributed by atoms with Crippen LogP contribution in [0.15, 0.2) is 29.2 Å². The number of aryl methyl sites for hydroxylation is 1. The Morgan fingerprint density at radius 2 is 1.71 bits per heavy atom. The molecule has 0 saturated heterocycles. The molecule has 0 N–H and O–H groups in total. The maximum Gasteiger partial charge on any atom is 0.183 e. The van der Waals surface area contributed by atoms with Crippen LogP contribution < -0.4 is 0 Å². The summed E-state index contributed by atoms with van der Waals surface area (Å²) in [4.78, 5) is 0.407. The van der Waals surface area contributed by atoms with Crippen molar-refractivity contribution in [2.24, 2.45) is 0 Å². The minimum Gasteiger partial charge on any atom is -0.223 e. The van der Waals surface area contributed by atoms with Crippen molar-refractivity contribution in [1.29, 1.82) is 0 Å². The fraction of sp³-hybridized carbons (Fsp3) is 0.455. The molecule has 0 aromatic heterocycles. The molecule has 2 nitrogen and oxygen atoms in total. The Hall–Kier alpha value is -0.830. The first-order valence-electron chi connectivity index (χ1n) is 4.56. The maximum atomic E-state index is 12.0. The van der Waals surface area contributed by atoms with Crippen molar-refractivity contribution in [3.05, 3.63) is 29.8 Å². The number of rotatable bonds is 1. The van der Waals surface area contributed by atoms with Crippen molar-refractivity contribution in [3.8, 4) is 0 Å². The van der Waals surface area contributed by atoms with Crippen LogP contribution in [0.2, 0.25) is 0 Å². The van der Waals surface area contributed by atoms with Crippen molar-refractivity contribution < 1.29 is 8.42 Å². The zero-order chi connectivity index (χ0) is 11.0. The first kappa shape index (κ1) is 11.2. The highest BCUT2D eigenvalue weighted by Crippen LogP contribution is 2.24. The highest BCUT2D eigenvalue weighted by Gasteiger charge is 2.30. The van der Waals surface area contributed by atoms with Gasteiger partial charge in [0, 0.05) is 0 Å². The molecule has 0 aliphatic heterocycles. The van der Waals surface area contributed by atoms with E-state index in [9.17, 15) is 8.42 Å². The SMILES string of the molecule is Cc1cccc(S(=O)(=O)C(C)(C)C)c1. The van der Waals surface area contributed by atoms with Crippen molar-refractivity contribution in [3.63, 3.8) is 0 Å². The van der Waals surface area contributed by atoms with Crippen LogP contribution in [0.25, 0.3) is 0 Å². The fourth-order valence-electron chi connectivity index (χ4n) is 1.14. The zero-order valence-electron chi connectivity index (χ0n) is 9.03. The van der Waals surface area contributed by atoms with Gasteiger partial charge in [-0.25, -0.2) is 8.42 Å². The Labute approximate surface area is 85.9 Å². The summed E-state index contributed by atoms with van der Waals surface area (Å²) in [6, 6.07) is 7.02. The van der Waals surface area contributed by atoms with Gasteiger partial charge in [0.15, 0.2) is 9.84 Å². The Kier molecular flexibility index (Phi) is 2.72. The van der Waals surface area contributed by atoms with Crippen LogP contribution in [-0.2, 0) is 9.84 Å². The summed E-state index contributed by atoms with van der Waals surface area (Å²) in [5.41, 5.74) is 0.968. The van der Waals surface area contributed by atoms with Crippen LogP contribution in [0.5, 0.6) is 0 Å². The van der Waals surface area contributed by atoms with E-state index in [-0.39, 0.29) is 0 Å². The van der Waals surface area contributed by atoms with E-state index in [1.807, 2.05) is 13.0 Å². The lowest BCUT2D eigenvalue weighted by Crippen LogP contribution is -2.27. The molecule has 0 fully saturated rings. The van der Waals surface area contributed by atoms with E-state index in [2.05, 4.69) is 0 Å². The topological polar surface area (TPSA) is 34.1 Å². The highest BCUT2D eigenvalue weighted by atomic mass is 32.2. The highest BCUT2D eigenvalue weighted by molar-refractivity contribution is 7.92. The molecule has 0 spiro atoms. The molecule has 0 atom stereocenters. The van der Waals surface area contributed by atoms with E-state index >= 15 is 0 Å². The molecule has 1 aromatic carbocycles. The molecule has 14 heavy (non-hydrogen) atoms. The average Bonchev–Trinajstić information content (AvgIpc) is 2.02. The smallest absolute Gasteiger partial charge is 0.183 e. The van der Waals surface area contributed by atoms with Crippen molar-refractivity contribution in [2.45, 2.75) is 37.3 Å². The number of hydrogen-bond donors (Lipinski definition) is 0. The molecule has 0 saturated carbocycles. The molecule has 0 unspecified atom stereocenters. The lowest BCUT2D eigenvalue weighted by molar-refractivity contribution is 0.560. The normalized spacial score (nSPS) is 12.9. The third-order valence-electron chi connectivity index (χ3n) is 2.11. The Morgan fingerprint density at radius 3 is 2.14 bits per heavy atom. The van der Waals surface area contributed by atoms with Crippen LogP contribution in [-0.4, -0.2) is 13.2 Å². The number of sulfone groups is 1. The maximum absolute atomic E-state index is 12.0. The van der Waals surface area contributed by atoms with E-state index in [4.69, 9.17) is 0 Å². The number of benzene rings is 1. The quantitative estimate of drug-likeness (QED) is 0.717. The van der Waals surface area contributed by atoms with Crippen molar-refractivity contribution in [1.82, 2.24) is 0 Å². The van der Waals surface area contributed by atoms with Crippen molar-refractivity contribution >= 4 is 9.84 Å². The second kappa shape index (κ2) is 3.39. The zero-order valence-corrected chi connectivity index (χ0v) is 9.85. The summed E-state index contributed by atoms with van der Waals surface area (Å²) in [6.45, 7) is 7.03. The fourth-order valence-corrected chi connectivity index (χ4v) is 2.44. The largest absolute Gasteiger partial charge is 0.223 e. The monoisotopic (exact) mass is 212 g/mol. The second-order valence-electron chi connectivity index (χ2n) is 4.43. The molecule has 0 radical (unpaired) electrons. The molecule has 1 aromatic rings. The van der Waals surface area contributed by atoms with Crippen molar-refractivity contribution in [2.75, 3.05) is 0 Å². The van der Waals surface area contributed by atoms with Crippen LogP contribution in [0.4, 0.5) is 0 Å². The molecule has 1 rings (SSSR count). The standard InChI is InChI=1S/C11H16O2S/c1-9-6-5-7-10(8-9)14(12,13)11(2,3)4/h5-8H,1-4H3.